The highest BCUT2D eigenvalue weighted by Crippen LogP contribution is 2.31. The van der Waals surface area contributed by atoms with E-state index in [0.29, 0.717) is 12.3 Å². The van der Waals surface area contributed by atoms with Crippen molar-refractivity contribution in [3.05, 3.63) is 35.6 Å². The second-order valence-electron chi connectivity index (χ2n) is 6.15. The molecular formula is C17H21NO3. The molecule has 0 bridgehead atoms. The van der Waals surface area contributed by atoms with E-state index in [-0.39, 0.29) is 5.91 Å². The van der Waals surface area contributed by atoms with Crippen LogP contribution in [0.3, 0.4) is 0 Å². The molecule has 3 rings (SSSR count). The summed E-state index contributed by atoms with van der Waals surface area (Å²) in [5.74, 6) is 0.212. The molecule has 1 aromatic carbocycles. The predicted octanol–water partition coefficient (Wildman–Crippen LogP) is 3.12. The van der Waals surface area contributed by atoms with Gasteiger partial charge in [0.15, 0.2) is 5.76 Å². The zero-order valence-electron chi connectivity index (χ0n) is 12.6. The second kappa shape index (κ2) is 5.19. The van der Waals surface area contributed by atoms with Crippen LogP contribution in [0.4, 0.5) is 0 Å². The lowest BCUT2D eigenvalue weighted by Gasteiger charge is -2.28. The Labute approximate surface area is 124 Å². The molecule has 21 heavy (non-hydrogen) atoms. The minimum Gasteiger partial charge on any atom is -0.451 e. The number of aliphatic hydroxyl groups is 1. The minimum absolute atomic E-state index is 0.163. The van der Waals surface area contributed by atoms with Gasteiger partial charge in [0.2, 0.25) is 0 Å². The van der Waals surface area contributed by atoms with E-state index in [1.165, 1.54) is 0 Å². The van der Waals surface area contributed by atoms with Crippen LogP contribution in [0.25, 0.3) is 11.0 Å². The number of amides is 1. The first-order valence-corrected chi connectivity index (χ1v) is 7.46. The van der Waals surface area contributed by atoms with Gasteiger partial charge in [0.25, 0.3) is 5.91 Å². The molecule has 1 fully saturated rings. The average molecular weight is 287 g/mol. The maximum atomic E-state index is 12.6. The number of rotatable bonds is 3. The quantitative estimate of drug-likeness (QED) is 0.943. The van der Waals surface area contributed by atoms with Crippen LogP contribution in [0.15, 0.2) is 28.7 Å². The third-order valence-electron chi connectivity index (χ3n) is 4.45. The van der Waals surface area contributed by atoms with Crippen LogP contribution in [0.1, 0.15) is 41.8 Å². The predicted molar refractivity (Wildman–Crippen MR) is 81.3 cm³/mol. The molecule has 0 radical (unpaired) electrons. The van der Waals surface area contributed by atoms with Gasteiger partial charge in [0.1, 0.15) is 5.58 Å². The van der Waals surface area contributed by atoms with Gasteiger partial charge < -0.3 is 14.4 Å². The van der Waals surface area contributed by atoms with Gasteiger partial charge >= 0.3 is 0 Å². The number of benzene rings is 1. The molecule has 1 N–H and O–H groups in total. The van der Waals surface area contributed by atoms with Crippen LogP contribution in [-0.2, 0) is 0 Å². The zero-order chi connectivity index (χ0) is 15.0. The SMILES string of the molecule is Cc1c(C(=O)N(C)CC2(O)CCCC2)oc2ccccc12. The number of aryl methyl sites for hydroxylation is 1. The van der Waals surface area contributed by atoms with Crippen molar-refractivity contribution in [3.8, 4) is 0 Å². The van der Waals surface area contributed by atoms with E-state index < -0.39 is 5.60 Å². The van der Waals surface area contributed by atoms with Gasteiger partial charge in [-0.3, -0.25) is 4.79 Å². The van der Waals surface area contributed by atoms with Crippen molar-refractivity contribution in [2.24, 2.45) is 0 Å². The Morgan fingerprint density at radius 3 is 2.67 bits per heavy atom. The molecule has 0 spiro atoms. The summed E-state index contributed by atoms with van der Waals surface area (Å²) in [5.41, 5.74) is 0.858. The van der Waals surface area contributed by atoms with E-state index >= 15 is 0 Å². The Kier molecular flexibility index (Phi) is 3.49. The van der Waals surface area contributed by atoms with Crippen LogP contribution in [0.5, 0.6) is 0 Å². The maximum Gasteiger partial charge on any atom is 0.289 e. The summed E-state index contributed by atoms with van der Waals surface area (Å²) in [7, 11) is 1.73. The van der Waals surface area contributed by atoms with Crippen molar-refractivity contribution in [2.75, 3.05) is 13.6 Å². The van der Waals surface area contributed by atoms with Gasteiger partial charge in [-0.2, -0.15) is 0 Å². The average Bonchev–Trinajstić information content (AvgIpc) is 3.03. The summed E-state index contributed by atoms with van der Waals surface area (Å²) in [6, 6.07) is 7.65. The highest BCUT2D eigenvalue weighted by molar-refractivity contribution is 5.98. The van der Waals surface area contributed by atoms with Crippen molar-refractivity contribution in [3.63, 3.8) is 0 Å². The van der Waals surface area contributed by atoms with Gasteiger partial charge in [-0.1, -0.05) is 31.0 Å². The van der Waals surface area contributed by atoms with Crippen LogP contribution in [0, 0.1) is 6.92 Å². The molecule has 112 valence electrons. The third-order valence-corrected chi connectivity index (χ3v) is 4.45. The number of para-hydroxylation sites is 1. The van der Waals surface area contributed by atoms with Crippen molar-refractivity contribution in [1.82, 2.24) is 4.90 Å². The summed E-state index contributed by atoms with van der Waals surface area (Å²) in [4.78, 5) is 14.2. The van der Waals surface area contributed by atoms with Crippen molar-refractivity contribution < 1.29 is 14.3 Å². The van der Waals surface area contributed by atoms with Crippen LogP contribution >= 0.6 is 0 Å². The summed E-state index contributed by atoms with van der Waals surface area (Å²) < 4.78 is 5.71. The highest BCUT2D eigenvalue weighted by atomic mass is 16.3. The molecule has 0 atom stereocenters. The number of carbonyl (C=O) groups is 1. The van der Waals surface area contributed by atoms with E-state index in [2.05, 4.69) is 0 Å². The summed E-state index contributed by atoms with van der Waals surface area (Å²) in [6.07, 6.45) is 3.60. The summed E-state index contributed by atoms with van der Waals surface area (Å²) >= 11 is 0. The fourth-order valence-corrected chi connectivity index (χ4v) is 3.26. The van der Waals surface area contributed by atoms with Gasteiger partial charge in [-0.25, -0.2) is 0 Å². The van der Waals surface area contributed by atoms with Gasteiger partial charge in [0, 0.05) is 24.5 Å². The Morgan fingerprint density at radius 1 is 1.33 bits per heavy atom. The monoisotopic (exact) mass is 287 g/mol. The Morgan fingerprint density at radius 2 is 2.00 bits per heavy atom. The van der Waals surface area contributed by atoms with E-state index in [0.717, 1.165) is 42.2 Å². The largest absolute Gasteiger partial charge is 0.451 e. The topological polar surface area (TPSA) is 53.7 Å². The molecule has 1 heterocycles. The Hall–Kier alpha value is -1.81. The normalized spacial score (nSPS) is 17.3. The number of fused-ring (bicyclic) bond motifs is 1. The van der Waals surface area contributed by atoms with Gasteiger partial charge in [0.05, 0.1) is 5.60 Å². The standard InChI is InChI=1S/C17H21NO3/c1-12-13-7-3-4-8-14(13)21-15(12)16(19)18(2)11-17(20)9-5-6-10-17/h3-4,7-8,20H,5-6,9-11H2,1-2H3. The van der Waals surface area contributed by atoms with Crippen molar-refractivity contribution in [1.29, 1.82) is 0 Å². The zero-order valence-corrected chi connectivity index (χ0v) is 12.6. The van der Waals surface area contributed by atoms with Crippen molar-refractivity contribution in [2.45, 2.75) is 38.2 Å². The molecule has 1 aromatic heterocycles. The summed E-state index contributed by atoms with van der Waals surface area (Å²) in [6.45, 7) is 2.26. The number of hydrogen-bond donors (Lipinski definition) is 1. The van der Waals surface area contributed by atoms with E-state index in [9.17, 15) is 9.90 Å². The number of furan rings is 1. The number of carbonyl (C=O) groups excluding carboxylic acids is 1. The number of likely N-dealkylation sites (N-methyl/N-ethyl adjacent to an activating group) is 1. The summed E-state index contributed by atoms with van der Waals surface area (Å²) in [5, 5.41) is 11.4. The first-order valence-electron chi connectivity index (χ1n) is 7.46. The highest BCUT2D eigenvalue weighted by Gasteiger charge is 2.34. The van der Waals surface area contributed by atoms with E-state index in [1.54, 1.807) is 11.9 Å². The lowest BCUT2D eigenvalue weighted by Crippen LogP contribution is -2.42. The molecule has 1 aliphatic rings. The maximum absolute atomic E-state index is 12.6. The molecule has 1 saturated carbocycles. The number of nitrogens with zero attached hydrogens (tertiary/aromatic N) is 1. The van der Waals surface area contributed by atoms with E-state index in [1.807, 2.05) is 31.2 Å². The number of hydrogen-bond acceptors (Lipinski definition) is 3. The Balaban J connectivity index is 1.84. The lowest BCUT2D eigenvalue weighted by atomic mass is 10.0. The van der Waals surface area contributed by atoms with Crippen LogP contribution in [0.2, 0.25) is 0 Å². The molecular weight excluding hydrogens is 266 g/mol. The lowest BCUT2D eigenvalue weighted by molar-refractivity contribution is 0.0147. The Bertz CT molecular complexity index is 668. The van der Waals surface area contributed by atoms with E-state index in [4.69, 9.17) is 4.42 Å². The van der Waals surface area contributed by atoms with Crippen LogP contribution in [-0.4, -0.2) is 35.1 Å². The molecule has 4 heteroatoms. The third kappa shape index (κ3) is 2.56. The first-order chi connectivity index (χ1) is 10.0. The molecule has 0 unspecified atom stereocenters. The molecule has 4 nitrogen and oxygen atoms in total. The smallest absolute Gasteiger partial charge is 0.289 e. The van der Waals surface area contributed by atoms with Crippen LogP contribution < -0.4 is 0 Å². The van der Waals surface area contributed by atoms with Gasteiger partial charge in [-0.05, 0) is 25.8 Å². The fraction of sp³-hybridized carbons (Fsp3) is 0.471. The molecule has 0 aliphatic heterocycles. The minimum atomic E-state index is -0.732. The first kappa shape index (κ1) is 14.1. The fourth-order valence-electron chi connectivity index (χ4n) is 3.26. The molecule has 2 aromatic rings. The van der Waals surface area contributed by atoms with Crippen molar-refractivity contribution >= 4 is 16.9 Å². The second-order valence-corrected chi connectivity index (χ2v) is 6.15. The molecule has 1 aliphatic carbocycles. The van der Waals surface area contributed by atoms with Gasteiger partial charge in [-0.15, -0.1) is 0 Å². The molecule has 1 amide bonds. The molecule has 0 saturated heterocycles.